The van der Waals surface area contributed by atoms with Crippen LogP contribution < -0.4 is 10.6 Å². The van der Waals surface area contributed by atoms with Crippen LogP contribution in [0.15, 0.2) is 0 Å². The summed E-state index contributed by atoms with van der Waals surface area (Å²) < 4.78 is 0. The van der Waals surface area contributed by atoms with E-state index in [1.807, 2.05) is 4.90 Å². The molecule has 96 valence electrons. The molecule has 2 amide bonds. The highest BCUT2D eigenvalue weighted by molar-refractivity contribution is 5.86. The van der Waals surface area contributed by atoms with E-state index >= 15 is 0 Å². The average molecular weight is 240 g/mol. The first-order chi connectivity index (χ1) is 8.08. The second-order valence-electron chi connectivity index (χ2n) is 4.85. The van der Waals surface area contributed by atoms with E-state index in [1.54, 1.807) is 0 Å². The number of carbonyl (C=O) groups excluding carboxylic acids is 2. The molecule has 0 aromatic heterocycles. The Morgan fingerprint density at radius 2 is 2.18 bits per heavy atom. The molecule has 17 heavy (non-hydrogen) atoms. The first kappa shape index (κ1) is 12.3. The van der Waals surface area contributed by atoms with Gasteiger partial charge in [0.05, 0.1) is 6.54 Å². The Balaban J connectivity index is 1.89. The first-order valence-corrected chi connectivity index (χ1v) is 6.07. The fraction of sp³-hybridized carbons (Fsp3) is 0.818. The van der Waals surface area contributed by atoms with Gasteiger partial charge in [0.25, 0.3) is 0 Å². The van der Waals surface area contributed by atoms with E-state index in [0.29, 0.717) is 12.6 Å². The lowest BCUT2D eigenvalue weighted by molar-refractivity contribution is -0.137. The molecule has 6 heteroatoms. The van der Waals surface area contributed by atoms with Crippen molar-refractivity contribution in [2.75, 3.05) is 39.8 Å². The summed E-state index contributed by atoms with van der Waals surface area (Å²) in [6.07, 6.45) is 0. The fourth-order valence-corrected chi connectivity index (χ4v) is 2.21. The molecular formula is C11H20N4O2. The average Bonchev–Trinajstić information content (AvgIpc) is 2.33. The van der Waals surface area contributed by atoms with Crippen molar-refractivity contribution in [1.82, 2.24) is 20.4 Å². The molecule has 2 N–H and O–H groups in total. The van der Waals surface area contributed by atoms with Crippen molar-refractivity contribution in [2.45, 2.75) is 19.0 Å². The number of nitrogens with one attached hydrogen (secondary N) is 2. The molecule has 0 saturated carbocycles. The number of carbonyl (C=O) groups is 2. The molecule has 0 aliphatic carbocycles. The van der Waals surface area contributed by atoms with Gasteiger partial charge in [-0.3, -0.25) is 14.9 Å². The topological polar surface area (TPSA) is 64.7 Å². The summed E-state index contributed by atoms with van der Waals surface area (Å²) in [6.45, 7) is 5.20. The first-order valence-electron chi connectivity index (χ1n) is 6.07. The van der Waals surface area contributed by atoms with Gasteiger partial charge in [-0.25, -0.2) is 0 Å². The van der Waals surface area contributed by atoms with Crippen LogP contribution in [-0.4, -0.2) is 73.5 Å². The Bertz CT molecular complexity index is 311. The number of amides is 2. The minimum atomic E-state index is -0.261. The second kappa shape index (κ2) is 5.01. The Kier molecular flexibility index (Phi) is 3.63. The van der Waals surface area contributed by atoms with Crippen LogP contribution in [0.3, 0.4) is 0 Å². The van der Waals surface area contributed by atoms with Gasteiger partial charge in [0, 0.05) is 32.2 Å². The molecular weight excluding hydrogens is 220 g/mol. The maximum Gasteiger partial charge on any atom is 0.241 e. The van der Waals surface area contributed by atoms with Crippen molar-refractivity contribution in [2.24, 2.45) is 0 Å². The van der Waals surface area contributed by atoms with Crippen LogP contribution in [0, 0.1) is 0 Å². The van der Waals surface area contributed by atoms with E-state index in [9.17, 15) is 9.59 Å². The number of hydrogen-bond acceptors (Lipinski definition) is 4. The Morgan fingerprint density at radius 3 is 2.76 bits per heavy atom. The quantitative estimate of drug-likeness (QED) is 0.570. The molecule has 2 aliphatic rings. The number of likely N-dealkylation sites (N-methyl/N-ethyl adjacent to an activating group) is 1. The summed E-state index contributed by atoms with van der Waals surface area (Å²) in [5.74, 6) is 0.0609. The van der Waals surface area contributed by atoms with Crippen LogP contribution in [0.4, 0.5) is 0 Å². The van der Waals surface area contributed by atoms with E-state index < -0.39 is 0 Å². The molecule has 2 rings (SSSR count). The lowest BCUT2D eigenvalue weighted by atomic mass is 10.1. The van der Waals surface area contributed by atoms with Gasteiger partial charge in [0.15, 0.2) is 0 Å². The van der Waals surface area contributed by atoms with Gasteiger partial charge >= 0.3 is 0 Å². The van der Waals surface area contributed by atoms with Crippen molar-refractivity contribution in [3.8, 4) is 0 Å². The number of hydrogen-bond donors (Lipinski definition) is 2. The molecule has 0 aromatic carbocycles. The van der Waals surface area contributed by atoms with E-state index in [4.69, 9.17) is 0 Å². The molecule has 2 aliphatic heterocycles. The van der Waals surface area contributed by atoms with E-state index in [1.165, 1.54) is 0 Å². The van der Waals surface area contributed by atoms with Crippen LogP contribution in [0.2, 0.25) is 0 Å². The second-order valence-corrected chi connectivity index (χ2v) is 4.85. The van der Waals surface area contributed by atoms with Crippen molar-refractivity contribution < 1.29 is 9.59 Å². The molecule has 0 spiro atoms. The zero-order valence-electron chi connectivity index (χ0n) is 10.4. The van der Waals surface area contributed by atoms with E-state index in [-0.39, 0.29) is 24.4 Å². The smallest absolute Gasteiger partial charge is 0.241 e. The summed E-state index contributed by atoms with van der Waals surface area (Å²) in [5, 5.41) is 5.69. The van der Waals surface area contributed by atoms with Gasteiger partial charge in [-0.15, -0.1) is 0 Å². The highest BCUT2D eigenvalue weighted by Gasteiger charge is 2.31. The largest absolute Gasteiger partial charge is 0.353 e. The highest BCUT2D eigenvalue weighted by atomic mass is 16.2. The van der Waals surface area contributed by atoms with Gasteiger partial charge in [-0.1, -0.05) is 0 Å². The zero-order chi connectivity index (χ0) is 12.4. The molecule has 6 nitrogen and oxygen atoms in total. The summed E-state index contributed by atoms with van der Waals surface area (Å²) in [5.41, 5.74) is 0. The van der Waals surface area contributed by atoms with E-state index in [0.717, 1.165) is 19.6 Å². The maximum atomic E-state index is 12.2. The van der Waals surface area contributed by atoms with Crippen LogP contribution in [0.1, 0.15) is 6.92 Å². The van der Waals surface area contributed by atoms with Gasteiger partial charge in [0.1, 0.15) is 6.04 Å². The van der Waals surface area contributed by atoms with Crippen LogP contribution in [0.25, 0.3) is 0 Å². The van der Waals surface area contributed by atoms with Crippen molar-refractivity contribution in [3.63, 3.8) is 0 Å². The van der Waals surface area contributed by atoms with Crippen molar-refractivity contribution in [1.29, 1.82) is 0 Å². The third-order valence-corrected chi connectivity index (χ3v) is 3.58. The summed E-state index contributed by atoms with van der Waals surface area (Å²) in [7, 11) is 2.07. The molecule has 2 unspecified atom stereocenters. The normalized spacial score (nSPS) is 31.2. The van der Waals surface area contributed by atoms with Gasteiger partial charge in [-0.2, -0.15) is 0 Å². The fourth-order valence-electron chi connectivity index (χ4n) is 2.21. The van der Waals surface area contributed by atoms with Crippen molar-refractivity contribution in [3.05, 3.63) is 0 Å². The van der Waals surface area contributed by atoms with Crippen LogP contribution >= 0.6 is 0 Å². The van der Waals surface area contributed by atoms with Crippen LogP contribution in [-0.2, 0) is 9.59 Å². The number of piperazine rings is 2. The van der Waals surface area contributed by atoms with E-state index in [2.05, 4.69) is 29.5 Å². The Morgan fingerprint density at radius 1 is 1.41 bits per heavy atom. The number of rotatable bonds is 1. The monoisotopic (exact) mass is 240 g/mol. The molecule has 2 atom stereocenters. The molecule has 2 fully saturated rings. The lowest BCUT2D eigenvalue weighted by Gasteiger charge is -2.39. The minimum Gasteiger partial charge on any atom is -0.353 e. The van der Waals surface area contributed by atoms with Gasteiger partial charge < -0.3 is 15.1 Å². The summed E-state index contributed by atoms with van der Waals surface area (Å²) >= 11 is 0. The minimum absolute atomic E-state index is 0.0409. The molecule has 0 bridgehead atoms. The number of nitrogens with zero attached hydrogens (tertiary/aromatic N) is 2. The molecule has 0 aromatic rings. The predicted molar refractivity (Wildman–Crippen MR) is 63.5 cm³/mol. The SMILES string of the molecule is CC1CN(C(=O)C2CNC(=O)CN2)CCN1C. The third-order valence-electron chi connectivity index (χ3n) is 3.58. The summed E-state index contributed by atoms with van der Waals surface area (Å²) in [6, 6.07) is 0.134. The molecule has 0 radical (unpaired) electrons. The predicted octanol–water partition coefficient (Wildman–Crippen LogP) is -1.76. The highest BCUT2D eigenvalue weighted by Crippen LogP contribution is 2.08. The molecule has 2 heterocycles. The van der Waals surface area contributed by atoms with Gasteiger partial charge in [-0.05, 0) is 14.0 Å². The lowest BCUT2D eigenvalue weighted by Crippen LogP contribution is -2.61. The Hall–Kier alpha value is -1.14. The molecule has 2 saturated heterocycles. The van der Waals surface area contributed by atoms with Crippen LogP contribution in [0.5, 0.6) is 0 Å². The Labute approximate surface area is 101 Å². The standard InChI is InChI=1S/C11H20N4O2/c1-8-7-15(4-3-14(8)2)11(17)9-5-13-10(16)6-12-9/h8-9,12H,3-7H2,1-2H3,(H,13,16). The maximum absolute atomic E-state index is 12.2. The van der Waals surface area contributed by atoms with Gasteiger partial charge in [0.2, 0.25) is 11.8 Å². The van der Waals surface area contributed by atoms with Crippen molar-refractivity contribution >= 4 is 11.8 Å². The third kappa shape index (κ3) is 2.76. The summed E-state index contributed by atoms with van der Waals surface area (Å²) in [4.78, 5) is 27.3. The zero-order valence-corrected chi connectivity index (χ0v) is 10.4.